The van der Waals surface area contributed by atoms with Gasteiger partial charge in [0.2, 0.25) is 0 Å². The van der Waals surface area contributed by atoms with Crippen molar-refractivity contribution in [2.75, 3.05) is 0 Å². The number of hydrogen-bond donors (Lipinski definition) is 0. The number of aromatic nitrogens is 5. The molecule has 0 aliphatic rings. The largest absolute Gasteiger partial charge is 0.435 e. The van der Waals surface area contributed by atoms with E-state index in [2.05, 4.69) is 19.9 Å². The van der Waals surface area contributed by atoms with Crippen molar-refractivity contribution in [1.29, 1.82) is 0 Å². The number of ether oxygens (including phenoxy) is 1. The van der Waals surface area contributed by atoms with E-state index in [1.165, 1.54) is 23.9 Å². The second-order valence-corrected chi connectivity index (χ2v) is 9.03. The Morgan fingerprint density at radius 1 is 1.12 bits per heavy atom. The SMILES string of the molecule is Cc1cc(C(=O)C(C)Sc2nnc(-c3cccnc3)n2C)c(C)n1-c1ccc(OC(F)F)cc1. The zero-order chi connectivity index (χ0) is 24.4. The first-order chi connectivity index (χ1) is 16.3. The second kappa shape index (κ2) is 9.76. The van der Waals surface area contributed by atoms with Crippen LogP contribution < -0.4 is 4.74 Å². The predicted octanol–water partition coefficient (Wildman–Crippen LogP) is 5.25. The normalized spacial score (nSPS) is 12.2. The highest BCUT2D eigenvalue weighted by Gasteiger charge is 2.24. The number of aryl methyl sites for hydroxylation is 1. The van der Waals surface area contributed by atoms with Crippen LogP contribution in [0.3, 0.4) is 0 Å². The summed E-state index contributed by atoms with van der Waals surface area (Å²) in [4.78, 5) is 17.4. The summed E-state index contributed by atoms with van der Waals surface area (Å²) in [5.74, 6) is 0.720. The van der Waals surface area contributed by atoms with E-state index in [0.717, 1.165) is 22.6 Å². The number of pyridine rings is 1. The Balaban J connectivity index is 1.54. The molecule has 3 heterocycles. The van der Waals surface area contributed by atoms with Crippen LogP contribution in [0.1, 0.15) is 28.7 Å². The van der Waals surface area contributed by atoms with Gasteiger partial charge in [-0.3, -0.25) is 9.78 Å². The standard InChI is InChI=1S/C24H23F2N5O2S/c1-14-12-20(15(2)31(14)18-7-9-19(10-8-18)33-23(25)26)21(32)16(3)34-24-29-28-22(30(24)4)17-6-5-11-27-13-17/h5-13,16,23H,1-4H3. The summed E-state index contributed by atoms with van der Waals surface area (Å²) in [6.07, 6.45) is 3.41. The van der Waals surface area contributed by atoms with Crippen molar-refractivity contribution in [2.45, 2.75) is 37.8 Å². The summed E-state index contributed by atoms with van der Waals surface area (Å²) < 4.78 is 33.0. The van der Waals surface area contributed by atoms with Crippen LogP contribution in [0.4, 0.5) is 8.78 Å². The first kappa shape index (κ1) is 23.6. The molecule has 0 N–H and O–H groups in total. The number of ketones is 1. The van der Waals surface area contributed by atoms with Gasteiger partial charge in [0.1, 0.15) is 5.75 Å². The van der Waals surface area contributed by atoms with Crippen LogP contribution in [0.15, 0.2) is 60.0 Å². The van der Waals surface area contributed by atoms with Gasteiger partial charge < -0.3 is 13.9 Å². The van der Waals surface area contributed by atoms with Crippen molar-refractivity contribution in [3.05, 3.63) is 71.8 Å². The lowest BCUT2D eigenvalue weighted by atomic mass is 10.1. The van der Waals surface area contributed by atoms with Gasteiger partial charge >= 0.3 is 6.61 Å². The van der Waals surface area contributed by atoms with Gasteiger partial charge in [0.25, 0.3) is 0 Å². The van der Waals surface area contributed by atoms with Crippen molar-refractivity contribution in [2.24, 2.45) is 7.05 Å². The fourth-order valence-corrected chi connectivity index (χ4v) is 4.66. The predicted molar refractivity (Wildman–Crippen MR) is 126 cm³/mol. The minimum Gasteiger partial charge on any atom is -0.435 e. The lowest BCUT2D eigenvalue weighted by Gasteiger charge is -2.13. The molecule has 4 rings (SSSR count). The average Bonchev–Trinajstić information content (AvgIpc) is 3.32. The fourth-order valence-electron chi connectivity index (χ4n) is 3.78. The Labute approximate surface area is 199 Å². The molecule has 0 bridgehead atoms. The van der Waals surface area contributed by atoms with Crippen LogP contribution in [-0.2, 0) is 7.05 Å². The Bertz CT molecular complexity index is 1300. The topological polar surface area (TPSA) is 74.8 Å². The van der Waals surface area contributed by atoms with Crippen molar-refractivity contribution >= 4 is 17.5 Å². The maximum atomic E-state index is 13.3. The molecular weight excluding hydrogens is 460 g/mol. The minimum atomic E-state index is -2.88. The van der Waals surface area contributed by atoms with Gasteiger partial charge in [-0.05, 0) is 63.2 Å². The molecule has 0 aliphatic carbocycles. The van der Waals surface area contributed by atoms with Crippen molar-refractivity contribution in [3.63, 3.8) is 0 Å². The van der Waals surface area contributed by atoms with Crippen LogP contribution in [0.25, 0.3) is 17.1 Å². The molecule has 0 saturated heterocycles. The molecule has 7 nitrogen and oxygen atoms in total. The third kappa shape index (κ3) is 4.72. The van der Waals surface area contributed by atoms with Gasteiger partial charge in [-0.15, -0.1) is 10.2 Å². The molecule has 0 fully saturated rings. The van der Waals surface area contributed by atoms with Gasteiger partial charge in [0, 0.05) is 47.6 Å². The number of alkyl halides is 2. The van der Waals surface area contributed by atoms with Gasteiger partial charge in [0.05, 0.1) is 5.25 Å². The van der Waals surface area contributed by atoms with Crippen molar-refractivity contribution in [1.82, 2.24) is 24.3 Å². The number of nitrogens with zero attached hydrogens (tertiary/aromatic N) is 5. The zero-order valence-corrected chi connectivity index (χ0v) is 19.9. The summed E-state index contributed by atoms with van der Waals surface area (Å²) in [6, 6.07) is 11.9. The summed E-state index contributed by atoms with van der Waals surface area (Å²) in [5.41, 5.74) is 3.83. The molecule has 176 valence electrons. The van der Waals surface area contributed by atoms with Gasteiger partial charge in [-0.25, -0.2) is 0 Å². The Morgan fingerprint density at radius 3 is 2.50 bits per heavy atom. The summed E-state index contributed by atoms with van der Waals surface area (Å²) in [7, 11) is 1.86. The molecule has 0 spiro atoms. The van der Waals surface area contributed by atoms with E-state index < -0.39 is 11.9 Å². The van der Waals surface area contributed by atoms with Gasteiger partial charge in [0.15, 0.2) is 16.8 Å². The third-order valence-electron chi connectivity index (χ3n) is 5.42. The molecule has 1 aromatic carbocycles. The van der Waals surface area contributed by atoms with E-state index in [-0.39, 0.29) is 11.5 Å². The first-order valence-corrected chi connectivity index (χ1v) is 11.4. The average molecular weight is 484 g/mol. The molecule has 1 atom stereocenters. The number of benzene rings is 1. The molecule has 0 aliphatic heterocycles. The molecule has 0 radical (unpaired) electrons. The van der Waals surface area contributed by atoms with Crippen molar-refractivity contribution in [3.8, 4) is 22.8 Å². The molecule has 0 saturated carbocycles. The highest BCUT2D eigenvalue weighted by molar-refractivity contribution is 8.00. The van der Waals surface area contributed by atoms with E-state index >= 15 is 0 Å². The summed E-state index contributed by atoms with van der Waals surface area (Å²) >= 11 is 1.34. The van der Waals surface area contributed by atoms with E-state index in [1.807, 2.05) is 55.2 Å². The van der Waals surface area contributed by atoms with E-state index in [0.29, 0.717) is 16.5 Å². The number of halogens is 2. The van der Waals surface area contributed by atoms with Crippen LogP contribution in [-0.4, -0.2) is 42.0 Å². The number of carbonyl (C=O) groups is 1. The summed E-state index contributed by atoms with van der Waals surface area (Å²) in [5, 5.41) is 8.73. The first-order valence-electron chi connectivity index (χ1n) is 10.5. The Morgan fingerprint density at radius 2 is 1.85 bits per heavy atom. The molecule has 3 aromatic heterocycles. The molecule has 10 heteroatoms. The maximum absolute atomic E-state index is 13.3. The molecule has 4 aromatic rings. The molecule has 0 amide bonds. The quantitative estimate of drug-likeness (QED) is 0.252. The number of thioether (sulfide) groups is 1. The lowest BCUT2D eigenvalue weighted by molar-refractivity contribution is -0.0498. The van der Waals surface area contributed by atoms with Crippen LogP contribution in [0.2, 0.25) is 0 Å². The zero-order valence-electron chi connectivity index (χ0n) is 19.1. The third-order valence-corrected chi connectivity index (χ3v) is 6.56. The number of rotatable bonds is 8. The smallest absolute Gasteiger partial charge is 0.387 e. The highest BCUT2D eigenvalue weighted by atomic mass is 32.2. The number of hydrogen-bond acceptors (Lipinski definition) is 6. The lowest BCUT2D eigenvalue weighted by Crippen LogP contribution is -2.15. The van der Waals surface area contributed by atoms with Crippen LogP contribution >= 0.6 is 11.8 Å². The number of carbonyl (C=O) groups excluding carboxylic acids is 1. The maximum Gasteiger partial charge on any atom is 0.387 e. The van der Waals surface area contributed by atoms with E-state index in [1.54, 1.807) is 24.5 Å². The summed E-state index contributed by atoms with van der Waals surface area (Å²) in [6.45, 7) is 2.73. The Kier molecular flexibility index (Phi) is 6.78. The second-order valence-electron chi connectivity index (χ2n) is 7.72. The highest BCUT2D eigenvalue weighted by Crippen LogP contribution is 2.30. The van der Waals surface area contributed by atoms with Crippen LogP contribution in [0.5, 0.6) is 5.75 Å². The molecular formula is C24H23F2N5O2S. The van der Waals surface area contributed by atoms with Gasteiger partial charge in [-0.1, -0.05) is 11.8 Å². The number of Topliss-reactive ketones (excluding diaryl/α,β-unsaturated/α-hetero) is 1. The Hall–Kier alpha value is -3.53. The fraction of sp³-hybridized carbons (Fsp3) is 0.250. The molecule has 1 unspecified atom stereocenters. The van der Waals surface area contributed by atoms with Crippen LogP contribution in [0, 0.1) is 13.8 Å². The monoisotopic (exact) mass is 483 g/mol. The van der Waals surface area contributed by atoms with Gasteiger partial charge in [-0.2, -0.15) is 8.78 Å². The minimum absolute atomic E-state index is 0.0343. The van der Waals surface area contributed by atoms with Crippen molar-refractivity contribution < 1.29 is 18.3 Å². The van der Waals surface area contributed by atoms with E-state index in [9.17, 15) is 13.6 Å². The molecule has 34 heavy (non-hydrogen) atoms. The van der Waals surface area contributed by atoms with E-state index in [4.69, 9.17) is 0 Å².